The number of methoxy groups -OCH3 is 2. The Balaban J connectivity index is 2.16. The van der Waals surface area contributed by atoms with E-state index in [1.165, 1.54) is 0 Å². The second kappa shape index (κ2) is 5.39. The largest absolute Gasteiger partial charge is 0.481 e. The van der Waals surface area contributed by atoms with E-state index in [1.54, 1.807) is 20.3 Å². The van der Waals surface area contributed by atoms with Crippen LogP contribution in [0.25, 0.3) is 0 Å². The normalized spacial score (nSPS) is 18.2. The maximum Gasteiger partial charge on any atom is 0.229 e. The maximum atomic E-state index is 5.14. The van der Waals surface area contributed by atoms with Crippen LogP contribution < -0.4 is 20.1 Å². The molecule has 1 aromatic rings. The third kappa shape index (κ3) is 3.01. The monoisotopic (exact) mass is 252 g/mol. The average molecular weight is 252 g/mol. The molecule has 0 saturated carbocycles. The summed E-state index contributed by atoms with van der Waals surface area (Å²) in [4.78, 5) is 8.59. The van der Waals surface area contributed by atoms with Crippen LogP contribution in [0.3, 0.4) is 0 Å². The molecule has 100 valence electrons. The van der Waals surface area contributed by atoms with Crippen molar-refractivity contribution in [3.8, 4) is 11.8 Å². The fourth-order valence-electron chi connectivity index (χ4n) is 2.04. The molecule has 6 heteroatoms. The highest BCUT2D eigenvalue weighted by Gasteiger charge is 2.27. The van der Waals surface area contributed by atoms with Crippen molar-refractivity contribution in [3.05, 3.63) is 6.07 Å². The molecule has 1 saturated heterocycles. The number of nitrogens with one attached hydrogen (secondary N) is 2. The average Bonchev–Trinajstić information content (AvgIpc) is 2.38. The fraction of sp³-hybridized carbons (Fsp3) is 0.667. The Morgan fingerprint density at radius 2 is 1.72 bits per heavy atom. The molecule has 0 aromatic carbocycles. The Labute approximate surface area is 107 Å². The second-order valence-corrected chi connectivity index (χ2v) is 4.71. The summed E-state index contributed by atoms with van der Waals surface area (Å²) in [5.74, 6) is 1.55. The van der Waals surface area contributed by atoms with E-state index in [-0.39, 0.29) is 5.54 Å². The highest BCUT2D eigenvalue weighted by atomic mass is 16.5. The molecule has 2 N–H and O–H groups in total. The summed E-state index contributed by atoms with van der Waals surface area (Å²) in [5, 5.41) is 6.73. The van der Waals surface area contributed by atoms with Gasteiger partial charge in [-0.05, 0) is 32.9 Å². The van der Waals surface area contributed by atoms with Crippen LogP contribution in [0.4, 0.5) is 5.95 Å². The van der Waals surface area contributed by atoms with Crippen molar-refractivity contribution < 1.29 is 9.47 Å². The lowest BCUT2D eigenvalue weighted by Gasteiger charge is -2.35. The van der Waals surface area contributed by atoms with Gasteiger partial charge >= 0.3 is 0 Å². The van der Waals surface area contributed by atoms with Gasteiger partial charge in [0.15, 0.2) is 0 Å². The minimum Gasteiger partial charge on any atom is -0.481 e. The van der Waals surface area contributed by atoms with Gasteiger partial charge in [0.1, 0.15) is 0 Å². The smallest absolute Gasteiger partial charge is 0.229 e. The SMILES string of the molecule is COc1cc(OC)nc(NC2(C)CCNCC2)n1. The van der Waals surface area contributed by atoms with E-state index in [0.29, 0.717) is 17.7 Å². The standard InChI is InChI=1S/C12H20N4O2/c1-12(4-6-13-7-5-12)16-11-14-9(17-2)8-10(15-11)18-3/h8,13H,4-7H2,1-3H3,(H,14,15,16). The third-order valence-corrected chi connectivity index (χ3v) is 3.22. The van der Waals surface area contributed by atoms with Crippen molar-refractivity contribution in [2.45, 2.75) is 25.3 Å². The molecule has 0 aliphatic carbocycles. The first-order valence-corrected chi connectivity index (χ1v) is 6.11. The molecule has 0 unspecified atom stereocenters. The predicted molar refractivity (Wildman–Crippen MR) is 69.3 cm³/mol. The molecule has 0 radical (unpaired) electrons. The Kier molecular flexibility index (Phi) is 3.86. The summed E-state index contributed by atoms with van der Waals surface area (Å²) in [6, 6.07) is 1.66. The summed E-state index contributed by atoms with van der Waals surface area (Å²) < 4.78 is 10.3. The number of piperidine rings is 1. The first-order valence-electron chi connectivity index (χ1n) is 6.11. The summed E-state index contributed by atoms with van der Waals surface area (Å²) in [7, 11) is 3.16. The molecule has 2 rings (SSSR count). The van der Waals surface area contributed by atoms with Gasteiger partial charge in [-0.3, -0.25) is 0 Å². The van der Waals surface area contributed by atoms with Crippen molar-refractivity contribution in [2.75, 3.05) is 32.6 Å². The Morgan fingerprint density at radius 1 is 1.17 bits per heavy atom. The summed E-state index contributed by atoms with van der Waals surface area (Å²) in [6.45, 7) is 4.19. The van der Waals surface area contributed by atoms with Crippen LogP contribution in [-0.4, -0.2) is 42.8 Å². The molecule has 6 nitrogen and oxygen atoms in total. The van der Waals surface area contributed by atoms with E-state index >= 15 is 0 Å². The van der Waals surface area contributed by atoms with Gasteiger partial charge in [0.05, 0.1) is 20.3 Å². The lowest BCUT2D eigenvalue weighted by molar-refractivity contribution is 0.355. The molecular weight excluding hydrogens is 232 g/mol. The number of anilines is 1. The number of nitrogens with zero attached hydrogens (tertiary/aromatic N) is 2. The fourth-order valence-corrected chi connectivity index (χ4v) is 2.04. The van der Waals surface area contributed by atoms with Crippen LogP contribution in [0, 0.1) is 0 Å². The molecule has 1 fully saturated rings. The second-order valence-electron chi connectivity index (χ2n) is 4.71. The molecule has 0 atom stereocenters. The van der Waals surface area contributed by atoms with Gasteiger partial charge in [-0.25, -0.2) is 0 Å². The van der Waals surface area contributed by atoms with Gasteiger partial charge in [-0.15, -0.1) is 0 Å². The van der Waals surface area contributed by atoms with E-state index in [2.05, 4.69) is 27.5 Å². The third-order valence-electron chi connectivity index (χ3n) is 3.22. The zero-order valence-corrected chi connectivity index (χ0v) is 11.1. The number of hydrogen-bond acceptors (Lipinski definition) is 6. The highest BCUT2D eigenvalue weighted by Crippen LogP contribution is 2.24. The van der Waals surface area contributed by atoms with Crippen LogP contribution in [0.1, 0.15) is 19.8 Å². The van der Waals surface area contributed by atoms with Crippen LogP contribution in [0.5, 0.6) is 11.8 Å². The number of hydrogen-bond donors (Lipinski definition) is 2. The topological polar surface area (TPSA) is 68.3 Å². The van der Waals surface area contributed by atoms with Gasteiger partial charge in [0.2, 0.25) is 17.7 Å². The van der Waals surface area contributed by atoms with Gasteiger partial charge < -0.3 is 20.1 Å². The van der Waals surface area contributed by atoms with E-state index in [0.717, 1.165) is 25.9 Å². The van der Waals surface area contributed by atoms with Crippen LogP contribution in [0.15, 0.2) is 6.07 Å². The van der Waals surface area contributed by atoms with Crippen LogP contribution >= 0.6 is 0 Å². The molecule has 0 spiro atoms. The molecule has 1 aliphatic heterocycles. The van der Waals surface area contributed by atoms with Crippen molar-refractivity contribution in [1.29, 1.82) is 0 Å². The van der Waals surface area contributed by atoms with E-state index in [1.807, 2.05) is 0 Å². The molecule has 1 aliphatic rings. The Morgan fingerprint density at radius 3 is 2.22 bits per heavy atom. The molecule has 1 aromatic heterocycles. The van der Waals surface area contributed by atoms with E-state index < -0.39 is 0 Å². The number of ether oxygens (including phenoxy) is 2. The van der Waals surface area contributed by atoms with Crippen LogP contribution in [0.2, 0.25) is 0 Å². The lowest BCUT2D eigenvalue weighted by atomic mass is 9.91. The van der Waals surface area contributed by atoms with Gasteiger partial charge in [-0.2, -0.15) is 9.97 Å². The first kappa shape index (κ1) is 12.9. The zero-order chi connectivity index (χ0) is 13.0. The summed E-state index contributed by atoms with van der Waals surface area (Å²) >= 11 is 0. The first-order chi connectivity index (χ1) is 8.65. The van der Waals surface area contributed by atoms with Crippen LogP contribution in [-0.2, 0) is 0 Å². The summed E-state index contributed by atoms with van der Waals surface area (Å²) in [6.07, 6.45) is 2.08. The predicted octanol–water partition coefficient (Wildman–Crippen LogP) is 1.05. The quantitative estimate of drug-likeness (QED) is 0.834. The highest BCUT2D eigenvalue weighted by molar-refractivity contribution is 5.36. The van der Waals surface area contributed by atoms with Crippen molar-refractivity contribution in [3.63, 3.8) is 0 Å². The molecular formula is C12H20N4O2. The number of rotatable bonds is 4. The van der Waals surface area contributed by atoms with Gasteiger partial charge in [-0.1, -0.05) is 0 Å². The maximum absolute atomic E-state index is 5.14. The van der Waals surface area contributed by atoms with Crippen molar-refractivity contribution in [1.82, 2.24) is 15.3 Å². The molecule has 18 heavy (non-hydrogen) atoms. The van der Waals surface area contributed by atoms with Crippen molar-refractivity contribution in [2.24, 2.45) is 0 Å². The summed E-state index contributed by atoms with van der Waals surface area (Å²) in [5.41, 5.74) is 0.0165. The number of aromatic nitrogens is 2. The zero-order valence-electron chi connectivity index (χ0n) is 11.1. The molecule has 0 amide bonds. The van der Waals surface area contributed by atoms with E-state index in [4.69, 9.17) is 9.47 Å². The lowest BCUT2D eigenvalue weighted by Crippen LogP contribution is -2.45. The minimum atomic E-state index is 0.0165. The minimum absolute atomic E-state index is 0.0165. The Hall–Kier alpha value is -1.56. The van der Waals surface area contributed by atoms with Gasteiger partial charge in [0, 0.05) is 5.54 Å². The Bertz CT molecular complexity index is 383. The molecule has 0 bridgehead atoms. The van der Waals surface area contributed by atoms with Crippen molar-refractivity contribution >= 4 is 5.95 Å². The van der Waals surface area contributed by atoms with Gasteiger partial charge in [0.25, 0.3) is 0 Å². The molecule has 2 heterocycles. The van der Waals surface area contributed by atoms with E-state index in [9.17, 15) is 0 Å².